The number of hydrogen-bond donors (Lipinski definition) is 2. The normalized spacial score (nSPS) is 13.0. The molecule has 2 heterocycles. The van der Waals surface area contributed by atoms with Gasteiger partial charge in [-0.3, -0.25) is 4.79 Å². The summed E-state index contributed by atoms with van der Waals surface area (Å²) in [5.74, 6) is 2.09. The highest BCUT2D eigenvalue weighted by molar-refractivity contribution is 5.85. The van der Waals surface area contributed by atoms with Gasteiger partial charge in [0, 0.05) is 31.6 Å². The Labute approximate surface area is 160 Å². The third-order valence-corrected chi connectivity index (χ3v) is 4.20. The molecular weight excluding hydrogens is 361 g/mol. The van der Waals surface area contributed by atoms with Crippen molar-refractivity contribution >= 4 is 36.4 Å². The lowest BCUT2D eigenvalue weighted by Gasteiger charge is -2.08. The molecule has 3 N–H and O–H groups in total. The molecule has 1 aliphatic rings. The fraction of sp³-hybridized carbons (Fsp3) is 0.471. The summed E-state index contributed by atoms with van der Waals surface area (Å²) in [7, 11) is 0. The van der Waals surface area contributed by atoms with Crippen LogP contribution in [0.4, 0.5) is 5.69 Å². The summed E-state index contributed by atoms with van der Waals surface area (Å²) in [4.78, 5) is 12.0. The smallest absolute Gasteiger partial charge is 0.224 e. The van der Waals surface area contributed by atoms with Crippen molar-refractivity contribution in [2.24, 2.45) is 0 Å². The largest absolute Gasteiger partial charge is 0.399 e. The standard InChI is InChI=1S/C17H23N5O.2ClH/c18-14-7-5-13(6-8-14)12-17(23)19-10-9-16-21-20-15-4-2-1-3-11-22(15)16;;/h5-8H,1-4,9-12,18H2,(H,19,23);2*1H. The number of hydrogen-bond acceptors (Lipinski definition) is 4. The Morgan fingerprint density at radius 3 is 2.64 bits per heavy atom. The number of aromatic nitrogens is 3. The maximum Gasteiger partial charge on any atom is 0.224 e. The predicted molar refractivity (Wildman–Crippen MR) is 103 cm³/mol. The zero-order chi connectivity index (χ0) is 16.1. The minimum absolute atomic E-state index is 0. The number of aryl methyl sites for hydroxylation is 1. The number of nitrogens with zero attached hydrogens (tertiary/aromatic N) is 3. The van der Waals surface area contributed by atoms with Crippen LogP contribution in [0.15, 0.2) is 24.3 Å². The second-order valence-electron chi connectivity index (χ2n) is 6.01. The van der Waals surface area contributed by atoms with Crippen LogP contribution in [0.25, 0.3) is 0 Å². The Balaban J connectivity index is 0.00000156. The van der Waals surface area contributed by atoms with Crippen LogP contribution in [0.2, 0.25) is 0 Å². The highest BCUT2D eigenvalue weighted by atomic mass is 35.5. The molecule has 3 rings (SSSR count). The molecule has 0 unspecified atom stereocenters. The van der Waals surface area contributed by atoms with Gasteiger partial charge in [-0.2, -0.15) is 0 Å². The predicted octanol–water partition coefficient (Wildman–Crippen LogP) is 2.33. The molecule has 6 nitrogen and oxygen atoms in total. The number of rotatable bonds is 5. The van der Waals surface area contributed by atoms with E-state index in [0.717, 1.165) is 36.6 Å². The molecular formula is C17H25Cl2N5O. The minimum Gasteiger partial charge on any atom is -0.399 e. The van der Waals surface area contributed by atoms with Gasteiger partial charge < -0.3 is 15.6 Å². The molecule has 25 heavy (non-hydrogen) atoms. The topological polar surface area (TPSA) is 85.8 Å². The van der Waals surface area contributed by atoms with E-state index < -0.39 is 0 Å². The average Bonchev–Trinajstić information content (AvgIpc) is 2.78. The molecule has 1 aromatic carbocycles. The van der Waals surface area contributed by atoms with Crippen molar-refractivity contribution in [3.63, 3.8) is 0 Å². The second-order valence-corrected chi connectivity index (χ2v) is 6.01. The Bertz CT molecular complexity index is 672. The van der Waals surface area contributed by atoms with Crippen LogP contribution < -0.4 is 11.1 Å². The van der Waals surface area contributed by atoms with Gasteiger partial charge in [0.25, 0.3) is 0 Å². The van der Waals surface area contributed by atoms with Gasteiger partial charge in [0.2, 0.25) is 5.91 Å². The van der Waals surface area contributed by atoms with Crippen molar-refractivity contribution in [2.45, 2.75) is 45.1 Å². The summed E-state index contributed by atoms with van der Waals surface area (Å²) in [5, 5.41) is 11.5. The first-order chi connectivity index (χ1) is 11.2. The molecule has 1 aromatic heterocycles. The van der Waals surface area contributed by atoms with E-state index in [0.29, 0.717) is 18.7 Å². The molecule has 0 fully saturated rings. The lowest BCUT2D eigenvalue weighted by molar-refractivity contribution is -0.120. The fourth-order valence-corrected chi connectivity index (χ4v) is 2.93. The number of fused-ring (bicyclic) bond motifs is 1. The molecule has 0 aliphatic carbocycles. The van der Waals surface area contributed by atoms with Gasteiger partial charge in [-0.25, -0.2) is 0 Å². The molecule has 1 amide bonds. The van der Waals surface area contributed by atoms with E-state index in [1.54, 1.807) is 0 Å². The van der Waals surface area contributed by atoms with E-state index >= 15 is 0 Å². The number of anilines is 1. The lowest BCUT2D eigenvalue weighted by atomic mass is 10.1. The first-order valence-electron chi connectivity index (χ1n) is 8.24. The average molecular weight is 386 g/mol. The third kappa shape index (κ3) is 5.90. The maximum atomic E-state index is 12.0. The van der Waals surface area contributed by atoms with Gasteiger partial charge in [-0.1, -0.05) is 18.6 Å². The Kier molecular flexibility index (Phi) is 8.72. The van der Waals surface area contributed by atoms with E-state index in [4.69, 9.17) is 5.73 Å². The molecule has 0 radical (unpaired) electrons. The van der Waals surface area contributed by atoms with Crippen LogP contribution in [0.3, 0.4) is 0 Å². The van der Waals surface area contributed by atoms with Gasteiger partial charge in [0.05, 0.1) is 6.42 Å². The molecule has 0 atom stereocenters. The van der Waals surface area contributed by atoms with E-state index in [1.165, 1.54) is 19.3 Å². The highest BCUT2D eigenvalue weighted by Crippen LogP contribution is 2.14. The number of nitrogen functional groups attached to an aromatic ring is 1. The highest BCUT2D eigenvalue weighted by Gasteiger charge is 2.14. The van der Waals surface area contributed by atoms with E-state index in [1.807, 2.05) is 24.3 Å². The summed E-state index contributed by atoms with van der Waals surface area (Å²) in [5.41, 5.74) is 7.32. The zero-order valence-corrected chi connectivity index (χ0v) is 15.7. The summed E-state index contributed by atoms with van der Waals surface area (Å²) < 4.78 is 2.22. The molecule has 1 aliphatic heterocycles. The number of nitrogens with two attached hydrogens (primary N) is 1. The van der Waals surface area contributed by atoms with E-state index in [9.17, 15) is 4.79 Å². The first-order valence-corrected chi connectivity index (χ1v) is 8.24. The Morgan fingerprint density at radius 2 is 1.88 bits per heavy atom. The van der Waals surface area contributed by atoms with Crippen molar-refractivity contribution in [3.05, 3.63) is 41.5 Å². The number of benzene rings is 1. The minimum atomic E-state index is 0. The van der Waals surface area contributed by atoms with Crippen LogP contribution in [0, 0.1) is 0 Å². The number of carbonyl (C=O) groups is 1. The molecule has 2 aromatic rings. The molecule has 0 bridgehead atoms. The van der Waals surface area contributed by atoms with Gasteiger partial charge in [0.15, 0.2) is 0 Å². The number of amides is 1. The van der Waals surface area contributed by atoms with Crippen molar-refractivity contribution in [1.82, 2.24) is 20.1 Å². The van der Waals surface area contributed by atoms with Gasteiger partial charge >= 0.3 is 0 Å². The van der Waals surface area contributed by atoms with Crippen molar-refractivity contribution in [1.29, 1.82) is 0 Å². The summed E-state index contributed by atoms with van der Waals surface area (Å²) in [6.07, 6.45) is 5.73. The Morgan fingerprint density at radius 1 is 1.12 bits per heavy atom. The van der Waals surface area contributed by atoms with Crippen LogP contribution in [0.1, 0.15) is 36.5 Å². The van der Waals surface area contributed by atoms with Crippen LogP contribution >= 0.6 is 24.8 Å². The van der Waals surface area contributed by atoms with E-state index in [-0.39, 0.29) is 30.7 Å². The Hall–Kier alpha value is -1.79. The molecule has 0 saturated heterocycles. The monoisotopic (exact) mass is 385 g/mol. The first kappa shape index (κ1) is 21.3. The van der Waals surface area contributed by atoms with Crippen LogP contribution in [-0.2, 0) is 30.6 Å². The van der Waals surface area contributed by atoms with Gasteiger partial charge in [0.1, 0.15) is 11.6 Å². The lowest BCUT2D eigenvalue weighted by Crippen LogP contribution is -2.28. The third-order valence-electron chi connectivity index (χ3n) is 4.20. The number of nitrogens with one attached hydrogen (secondary N) is 1. The quantitative estimate of drug-likeness (QED) is 0.773. The van der Waals surface area contributed by atoms with Crippen LogP contribution in [0.5, 0.6) is 0 Å². The van der Waals surface area contributed by atoms with Crippen molar-refractivity contribution < 1.29 is 4.79 Å². The van der Waals surface area contributed by atoms with Crippen LogP contribution in [-0.4, -0.2) is 27.2 Å². The van der Waals surface area contributed by atoms with E-state index in [2.05, 4.69) is 20.1 Å². The summed E-state index contributed by atoms with van der Waals surface area (Å²) >= 11 is 0. The number of carbonyl (C=O) groups excluding carboxylic acids is 1. The maximum absolute atomic E-state index is 12.0. The number of halogens is 2. The molecule has 0 saturated carbocycles. The van der Waals surface area contributed by atoms with Crippen molar-refractivity contribution in [3.8, 4) is 0 Å². The SMILES string of the molecule is Cl.Cl.Nc1ccc(CC(=O)NCCc2nnc3n2CCCCC3)cc1. The molecule has 0 spiro atoms. The summed E-state index contributed by atoms with van der Waals surface area (Å²) in [6, 6.07) is 7.39. The van der Waals surface area contributed by atoms with Gasteiger partial charge in [-0.05, 0) is 30.5 Å². The molecule has 138 valence electrons. The molecule has 8 heteroatoms. The van der Waals surface area contributed by atoms with Gasteiger partial charge in [-0.15, -0.1) is 35.0 Å². The summed E-state index contributed by atoms with van der Waals surface area (Å²) in [6.45, 7) is 1.59. The van der Waals surface area contributed by atoms with Crippen molar-refractivity contribution in [2.75, 3.05) is 12.3 Å². The fourth-order valence-electron chi connectivity index (χ4n) is 2.93. The second kappa shape index (κ2) is 10.3. The zero-order valence-electron chi connectivity index (χ0n) is 14.1.